The SMILES string of the molecule is COc1cc(OC)nc(Oc2cc(C)oc2C(=O)[O-])n1.[Na+]. The molecule has 0 amide bonds. The van der Waals surface area contributed by atoms with Crippen LogP contribution in [0, 0.1) is 6.92 Å². The number of ether oxygens (including phenoxy) is 3. The van der Waals surface area contributed by atoms with Crippen molar-refractivity contribution in [1.82, 2.24) is 9.97 Å². The average molecular weight is 302 g/mol. The summed E-state index contributed by atoms with van der Waals surface area (Å²) in [5.41, 5.74) is 0. The number of carboxylic acids is 1. The first-order valence-corrected chi connectivity index (χ1v) is 5.50. The molecule has 8 nitrogen and oxygen atoms in total. The summed E-state index contributed by atoms with van der Waals surface area (Å²) in [6.45, 7) is 1.58. The van der Waals surface area contributed by atoms with E-state index in [1.807, 2.05) is 0 Å². The van der Waals surface area contributed by atoms with Gasteiger partial charge in [0.1, 0.15) is 11.7 Å². The summed E-state index contributed by atoms with van der Waals surface area (Å²) in [7, 11) is 2.83. The van der Waals surface area contributed by atoms with Crippen LogP contribution in [0.5, 0.6) is 23.5 Å². The number of methoxy groups -OCH3 is 2. The third-order valence-electron chi connectivity index (χ3n) is 2.28. The Morgan fingerprint density at radius 1 is 1.19 bits per heavy atom. The number of carbonyl (C=O) groups excluding carboxylic acids is 1. The minimum atomic E-state index is -1.50. The normalized spacial score (nSPS) is 9.67. The number of hydrogen-bond donors (Lipinski definition) is 0. The number of aromatic carboxylic acids is 1. The van der Waals surface area contributed by atoms with Crippen LogP contribution in [-0.2, 0) is 0 Å². The predicted molar refractivity (Wildman–Crippen MR) is 63.0 cm³/mol. The zero-order valence-corrected chi connectivity index (χ0v) is 14.0. The van der Waals surface area contributed by atoms with Crippen LogP contribution >= 0.6 is 0 Å². The molecule has 2 aromatic rings. The molecule has 0 unspecified atom stereocenters. The molecule has 0 radical (unpaired) electrons. The first-order chi connectivity index (χ1) is 9.53. The maximum atomic E-state index is 10.9. The fourth-order valence-electron chi connectivity index (χ4n) is 1.45. The summed E-state index contributed by atoms with van der Waals surface area (Å²) in [6.07, 6.45) is 0. The minimum absolute atomic E-state index is 0. The van der Waals surface area contributed by atoms with Gasteiger partial charge in [0.05, 0.1) is 20.3 Å². The van der Waals surface area contributed by atoms with E-state index in [4.69, 9.17) is 18.6 Å². The van der Waals surface area contributed by atoms with Gasteiger partial charge in [0.2, 0.25) is 11.8 Å². The monoisotopic (exact) mass is 302 g/mol. The van der Waals surface area contributed by atoms with E-state index in [-0.39, 0.29) is 53.1 Å². The van der Waals surface area contributed by atoms with E-state index in [9.17, 15) is 9.90 Å². The molecule has 2 rings (SSSR count). The van der Waals surface area contributed by atoms with Gasteiger partial charge >= 0.3 is 35.6 Å². The van der Waals surface area contributed by atoms with Crippen LogP contribution in [-0.4, -0.2) is 30.2 Å². The molecule has 2 heterocycles. The summed E-state index contributed by atoms with van der Waals surface area (Å²) in [5, 5.41) is 10.9. The van der Waals surface area contributed by atoms with Crippen LogP contribution < -0.4 is 48.9 Å². The molecule has 0 fully saturated rings. The van der Waals surface area contributed by atoms with Gasteiger partial charge in [-0.3, -0.25) is 0 Å². The molecule has 0 N–H and O–H groups in total. The van der Waals surface area contributed by atoms with E-state index in [1.165, 1.54) is 26.4 Å². The van der Waals surface area contributed by atoms with Crippen LogP contribution in [0.15, 0.2) is 16.5 Å². The van der Waals surface area contributed by atoms with E-state index in [0.29, 0.717) is 5.76 Å². The largest absolute Gasteiger partial charge is 1.00 e. The smallest absolute Gasteiger partial charge is 0.541 e. The van der Waals surface area contributed by atoms with Crippen molar-refractivity contribution in [2.75, 3.05) is 14.2 Å². The van der Waals surface area contributed by atoms with Gasteiger partial charge in [-0.05, 0) is 6.92 Å². The predicted octanol–water partition coefficient (Wildman–Crippen LogP) is -2.44. The second kappa shape index (κ2) is 7.30. The van der Waals surface area contributed by atoms with Crippen LogP contribution in [0.1, 0.15) is 16.3 Å². The van der Waals surface area contributed by atoms with Gasteiger partial charge in [0, 0.05) is 6.07 Å². The first kappa shape index (κ1) is 17.3. The number of aromatic nitrogens is 2. The minimum Gasteiger partial charge on any atom is -0.541 e. The van der Waals surface area contributed by atoms with Crippen molar-refractivity contribution in [3.63, 3.8) is 0 Å². The van der Waals surface area contributed by atoms with Crippen LogP contribution in [0.4, 0.5) is 0 Å². The molecule has 0 aliphatic carbocycles. The van der Waals surface area contributed by atoms with Gasteiger partial charge in [-0.25, -0.2) is 0 Å². The van der Waals surface area contributed by atoms with Crippen LogP contribution in [0.25, 0.3) is 0 Å². The Bertz CT molecular complexity index is 620. The quantitative estimate of drug-likeness (QED) is 0.560. The average Bonchev–Trinajstić information content (AvgIpc) is 2.79. The van der Waals surface area contributed by atoms with Crippen LogP contribution in [0.2, 0.25) is 0 Å². The van der Waals surface area contributed by atoms with Gasteiger partial charge in [-0.2, -0.15) is 9.97 Å². The van der Waals surface area contributed by atoms with Crippen molar-refractivity contribution in [3.8, 4) is 23.5 Å². The summed E-state index contributed by atoms with van der Waals surface area (Å²) in [5.74, 6) is -1.22. The van der Waals surface area contributed by atoms with E-state index in [1.54, 1.807) is 6.92 Å². The van der Waals surface area contributed by atoms with E-state index in [2.05, 4.69) is 9.97 Å². The number of aryl methyl sites for hydroxylation is 1. The second-order valence-electron chi connectivity index (χ2n) is 3.68. The number of hydrogen-bond acceptors (Lipinski definition) is 8. The summed E-state index contributed by atoms with van der Waals surface area (Å²) in [4.78, 5) is 18.7. The molecule has 0 aliphatic rings. The zero-order valence-electron chi connectivity index (χ0n) is 12.0. The Morgan fingerprint density at radius 3 is 2.24 bits per heavy atom. The third-order valence-corrected chi connectivity index (χ3v) is 2.28. The molecular formula is C12H11N2NaO6. The Balaban J connectivity index is 0.00000220. The molecular weight excluding hydrogens is 291 g/mol. The molecule has 0 spiro atoms. The molecule has 0 aliphatic heterocycles. The Morgan fingerprint density at radius 2 is 1.76 bits per heavy atom. The van der Waals surface area contributed by atoms with E-state index in [0.717, 1.165) is 0 Å². The zero-order chi connectivity index (χ0) is 14.7. The molecule has 9 heteroatoms. The summed E-state index contributed by atoms with van der Waals surface area (Å²) < 4.78 is 20.1. The molecule has 0 atom stereocenters. The van der Waals surface area contributed by atoms with Crippen molar-refractivity contribution in [1.29, 1.82) is 0 Å². The Kier molecular flexibility index (Phi) is 6.01. The van der Waals surface area contributed by atoms with E-state index >= 15 is 0 Å². The molecule has 0 bridgehead atoms. The van der Waals surface area contributed by atoms with Crippen LogP contribution in [0.3, 0.4) is 0 Å². The van der Waals surface area contributed by atoms with Crippen molar-refractivity contribution < 1.29 is 58.1 Å². The van der Waals surface area contributed by atoms with Gasteiger partial charge < -0.3 is 28.5 Å². The topological polar surface area (TPSA) is 107 Å². The molecule has 0 aromatic carbocycles. The second-order valence-corrected chi connectivity index (χ2v) is 3.68. The fraction of sp³-hybridized carbons (Fsp3) is 0.250. The maximum absolute atomic E-state index is 10.9. The summed E-state index contributed by atoms with van der Waals surface area (Å²) >= 11 is 0. The van der Waals surface area contributed by atoms with Gasteiger partial charge in [-0.15, -0.1) is 0 Å². The Hall–Kier alpha value is -1.77. The number of nitrogens with zero attached hydrogens (tertiary/aromatic N) is 2. The molecule has 106 valence electrons. The van der Waals surface area contributed by atoms with Crippen molar-refractivity contribution in [2.45, 2.75) is 6.92 Å². The van der Waals surface area contributed by atoms with Gasteiger partial charge in [-0.1, -0.05) is 0 Å². The van der Waals surface area contributed by atoms with E-state index < -0.39 is 11.7 Å². The number of rotatable bonds is 5. The van der Waals surface area contributed by atoms with Crippen molar-refractivity contribution >= 4 is 5.97 Å². The standard InChI is InChI=1S/C12H12N2O6.Na/c1-6-4-7(10(19-6)11(15)16)20-12-13-8(17-2)5-9(14-12)18-3;/h4-5H,1-3H3,(H,15,16);/q;+1/p-1. The van der Waals surface area contributed by atoms with Gasteiger partial charge in [0.25, 0.3) is 0 Å². The fourth-order valence-corrected chi connectivity index (χ4v) is 1.45. The molecule has 21 heavy (non-hydrogen) atoms. The van der Waals surface area contributed by atoms with Gasteiger partial charge in [0.15, 0.2) is 11.5 Å². The van der Waals surface area contributed by atoms with Crippen molar-refractivity contribution in [3.05, 3.63) is 23.7 Å². The number of carbonyl (C=O) groups is 1. The number of carboxylic acid groups (broad SMARTS) is 1. The van der Waals surface area contributed by atoms with Crippen molar-refractivity contribution in [2.24, 2.45) is 0 Å². The molecule has 0 saturated heterocycles. The number of furan rings is 1. The Labute approximate surface area is 142 Å². The summed E-state index contributed by atoms with van der Waals surface area (Å²) in [6, 6.07) is 2.71. The first-order valence-electron chi connectivity index (χ1n) is 5.50. The molecule has 0 saturated carbocycles. The maximum Gasteiger partial charge on any atom is 1.00 e. The third kappa shape index (κ3) is 4.10. The molecule has 2 aromatic heterocycles.